The molecule has 3 amide bonds. The molecule has 0 unspecified atom stereocenters. The van der Waals surface area contributed by atoms with Crippen molar-refractivity contribution in [2.45, 2.75) is 45.7 Å². The minimum absolute atomic E-state index is 0.0179. The van der Waals surface area contributed by atoms with Crippen molar-refractivity contribution in [2.75, 3.05) is 5.01 Å². The van der Waals surface area contributed by atoms with Gasteiger partial charge in [0, 0.05) is 24.5 Å². The minimum atomic E-state index is -1.55. The number of aldehydes is 1. The maximum absolute atomic E-state index is 13.7. The van der Waals surface area contributed by atoms with E-state index in [1.807, 2.05) is 0 Å². The van der Waals surface area contributed by atoms with E-state index in [2.05, 4.69) is 5.32 Å². The average Bonchev–Trinajstić information content (AvgIpc) is 2.91. The fraction of sp³-hybridized carbons (Fsp3) is 0.280. The van der Waals surface area contributed by atoms with Crippen LogP contribution >= 0.6 is 0 Å². The number of ketones is 1. The number of aromatic hydroxyl groups is 1. The summed E-state index contributed by atoms with van der Waals surface area (Å²) in [6.07, 6.45) is -0.996. The predicted octanol–water partition coefficient (Wildman–Crippen LogP) is 1.53. The van der Waals surface area contributed by atoms with Gasteiger partial charge in [-0.3, -0.25) is 24.0 Å². The van der Waals surface area contributed by atoms with E-state index in [9.17, 15) is 39.0 Å². The fourth-order valence-electron chi connectivity index (χ4n) is 4.10. The van der Waals surface area contributed by atoms with Gasteiger partial charge in [-0.25, -0.2) is 10.0 Å². The van der Waals surface area contributed by atoms with E-state index in [4.69, 9.17) is 0 Å². The van der Waals surface area contributed by atoms with E-state index in [1.165, 1.54) is 30.3 Å². The van der Waals surface area contributed by atoms with E-state index in [0.717, 1.165) is 11.9 Å². The molecule has 1 aliphatic rings. The Bertz CT molecular complexity index is 1250. The quantitative estimate of drug-likeness (QED) is 0.487. The average molecular weight is 495 g/mol. The highest BCUT2D eigenvalue weighted by molar-refractivity contribution is 6.14. The first kappa shape index (κ1) is 26.1. The van der Waals surface area contributed by atoms with Gasteiger partial charge in [-0.05, 0) is 49.2 Å². The lowest BCUT2D eigenvalue weighted by Gasteiger charge is -2.38. The van der Waals surface area contributed by atoms with Gasteiger partial charge in [-0.1, -0.05) is 12.1 Å². The molecule has 11 heteroatoms. The van der Waals surface area contributed by atoms with Crippen LogP contribution in [0.1, 0.15) is 51.6 Å². The van der Waals surface area contributed by atoms with Gasteiger partial charge in [-0.15, -0.1) is 0 Å². The molecule has 0 radical (unpaired) electrons. The van der Waals surface area contributed by atoms with Crippen molar-refractivity contribution in [1.82, 2.24) is 10.3 Å². The first-order valence-electron chi connectivity index (χ1n) is 11.0. The second kappa shape index (κ2) is 10.4. The number of Topliss-reactive ketones (excluding diaryl/α,β-unsaturated/α-hetero) is 1. The van der Waals surface area contributed by atoms with Crippen molar-refractivity contribution in [1.29, 1.82) is 0 Å². The Kier molecular flexibility index (Phi) is 7.52. The second-order valence-corrected chi connectivity index (χ2v) is 8.44. The highest BCUT2D eigenvalue weighted by Crippen LogP contribution is 2.30. The molecule has 188 valence electrons. The molecule has 0 saturated carbocycles. The van der Waals surface area contributed by atoms with Crippen LogP contribution in [0.15, 0.2) is 36.4 Å². The number of fused-ring (bicyclic) bond motifs is 1. The van der Waals surface area contributed by atoms with Crippen molar-refractivity contribution < 1.29 is 39.0 Å². The van der Waals surface area contributed by atoms with Crippen LogP contribution in [-0.4, -0.2) is 63.1 Å². The third-order valence-corrected chi connectivity index (χ3v) is 5.78. The Balaban J connectivity index is 2.08. The van der Waals surface area contributed by atoms with Gasteiger partial charge in [-0.2, -0.15) is 0 Å². The number of phenols is 1. The topological polar surface area (TPSA) is 161 Å². The zero-order valence-electron chi connectivity index (χ0n) is 19.8. The van der Waals surface area contributed by atoms with Crippen LogP contribution in [0.2, 0.25) is 0 Å². The van der Waals surface area contributed by atoms with Crippen molar-refractivity contribution in [2.24, 2.45) is 0 Å². The molecule has 3 N–H and O–H groups in total. The van der Waals surface area contributed by atoms with Crippen molar-refractivity contribution in [3.05, 3.63) is 58.7 Å². The van der Waals surface area contributed by atoms with Gasteiger partial charge in [0.05, 0.1) is 12.1 Å². The molecule has 0 saturated heterocycles. The Morgan fingerprint density at radius 2 is 1.78 bits per heavy atom. The highest BCUT2D eigenvalue weighted by Gasteiger charge is 2.41. The number of carbonyl (C=O) groups excluding carboxylic acids is 5. The van der Waals surface area contributed by atoms with E-state index in [1.54, 1.807) is 19.9 Å². The number of carboxylic acids is 1. The van der Waals surface area contributed by atoms with Gasteiger partial charge >= 0.3 is 5.97 Å². The molecule has 0 aromatic heterocycles. The van der Waals surface area contributed by atoms with E-state index < -0.39 is 54.4 Å². The summed E-state index contributed by atoms with van der Waals surface area (Å²) in [6.45, 7) is 4.26. The number of nitrogens with zero attached hydrogens (tertiary/aromatic N) is 2. The Morgan fingerprint density at radius 3 is 2.33 bits per heavy atom. The summed E-state index contributed by atoms with van der Waals surface area (Å²) in [5.74, 6) is -4.29. The van der Waals surface area contributed by atoms with Gasteiger partial charge in [0.15, 0.2) is 5.78 Å². The maximum atomic E-state index is 13.7. The summed E-state index contributed by atoms with van der Waals surface area (Å²) in [5.41, 5.74) is 1.04. The number of carboxylic acid groups (broad SMARTS) is 1. The van der Waals surface area contributed by atoms with Crippen LogP contribution in [0.3, 0.4) is 0 Å². The minimum Gasteiger partial charge on any atom is -0.507 e. The lowest BCUT2D eigenvalue weighted by molar-refractivity contribution is -0.145. The Morgan fingerprint density at radius 1 is 1.17 bits per heavy atom. The first-order valence-corrected chi connectivity index (χ1v) is 11.0. The van der Waals surface area contributed by atoms with Gasteiger partial charge in [0.1, 0.15) is 24.1 Å². The van der Waals surface area contributed by atoms with Gasteiger partial charge in [0.25, 0.3) is 11.8 Å². The van der Waals surface area contributed by atoms with E-state index >= 15 is 0 Å². The van der Waals surface area contributed by atoms with Gasteiger partial charge in [0.2, 0.25) is 5.91 Å². The number of aryl methyl sites for hydroxylation is 2. The Labute approximate surface area is 206 Å². The zero-order valence-corrected chi connectivity index (χ0v) is 19.8. The molecule has 1 heterocycles. The number of hydrazine groups is 1. The number of hydrogen-bond donors (Lipinski definition) is 3. The summed E-state index contributed by atoms with van der Waals surface area (Å²) < 4.78 is 0. The maximum Gasteiger partial charge on any atom is 0.305 e. The number of aliphatic carboxylic acids is 1. The normalized spacial score (nSPS) is 16.0. The molecule has 0 aliphatic carbocycles. The number of benzene rings is 2. The van der Waals surface area contributed by atoms with Crippen LogP contribution in [0.5, 0.6) is 5.75 Å². The summed E-state index contributed by atoms with van der Waals surface area (Å²) in [6, 6.07) is 5.73. The van der Waals surface area contributed by atoms with Crippen LogP contribution in [0.4, 0.5) is 5.69 Å². The third-order valence-electron chi connectivity index (χ3n) is 5.78. The van der Waals surface area contributed by atoms with E-state index in [-0.39, 0.29) is 28.8 Å². The highest BCUT2D eigenvalue weighted by atomic mass is 16.4. The lowest BCUT2D eigenvalue weighted by atomic mass is 10.0. The number of para-hydroxylation sites is 1. The molecule has 0 fully saturated rings. The monoisotopic (exact) mass is 495 g/mol. The SMILES string of the molecule is CC(=O)N([C@H](C=O)CC(=O)O)N1C(=O)[C@@H](NC(=O)c2cc(C)c(O)c(C)c2)CC(=O)c2ccccc21. The molecule has 2 atom stereocenters. The van der Waals surface area contributed by atoms with Crippen molar-refractivity contribution in [3.63, 3.8) is 0 Å². The molecule has 36 heavy (non-hydrogen) atoms. The molecule has 2 aromatic carbocycles. The largest absolute Gasteiger partial charge is 0.507 e. The molecule has 1 aliphatic heterocycles. The van der Waals surface area contributed by atoms with Crippen LogP contribution in [-0.2, 0) is 19.2 Å². The fourth-order valence-corrected chi connectivity index (χ4v) is 4.10. The van der Waals surface area contributed by atoms with E-state index in [0.29, 0.717) is 16.1 Å². The summed E-state index contributed by atoms with van der Waals surface area (Å²) in [4.78, 5) is 75.5. The van der Waals surface area contributed by atoms with Crippen molar-refractivity contribution in [3.8, 4) is 5.75 Å². The number of hydrogen-bond acceptors (Lipinski definition) is 7. The molecule has 3 rings (SSSR count). The molecule has 0 bridgehead atoms. The lowest BCUT2D eigenvalue weighted by Crippen LogP contribution is -2.59. The molecule has 11 nitrogen and oxygen atoms in total. The molecule has 0 spiro atoms. The number of carbonyl (C=O) groups is 6. The Hall–Kier alpha value is -4.54. The van der Waals surface area contributed by atoms with Crippen LogP contribution in [0.25, 0.3) is 0 Å². The number of phenolic OH excluding ortho intramolecular Hbond substituents is 1. The first-order chi connectivity index (χ1) is 17.0. The third kappa shape index (κ3) is 5.09. The molecular weight excluding hydrogens is 470 g/mol. The molecule has 2 aromatic rings. The van der Waals surface area contributed by atoms with Crippen molar-refractivity contribution >= 4 is 41.4 Å². The number of anilines is 1. The smallest absolute Gasteiger partial charge is 0.305 e. The predicted molar refractivity (Wildman–Crippen MR) is 126 cm³/mol. The number of rotatable bonds is 7. The standard InChI is InChI=1S/C25H25N3O8/c1-13-8-16(9-14(2)23(13)34)24(35)26-19-11-21(31)18-6-4-5-7-20(18)28(25(19)36)27(15(3)30)17(12-29)10-22(32)33/h4-9,12,17,19,34H,10-11H2,1-3H3,(H,26,35)(H,32,33)/t17-,19-/m0/s1. The van der Waals surface area contributed by atoms with Gasteiger partial charge < -0.3 is 20.3 Å². The summed E-state index contributed by atoms with van der Waals surface area (Å²) >= 11 is 0. The molecular formula is C25H25N3O8. The zero-order chi connectivity index (χ0) is 26.7. The van der Waals surface area contributed by atoms with Crippen LogP contribution in [0, 0.1) is 13.8 Å². The summed E-state index contributed by atoms with van der Waals surface area (Å²) in [7, 11) is 0. The number of nitrogens with one attached hydrogen (secondary N) is 1. The summed E-state index contributed by atoms with van der Waals surface area (Å²) in [5, 5.41) is 23.2. The number of amides is 3. The van der Waals surface area contributed by atoms with Crippen LogP contribution < -0.4 is 10.3 Å². The second-order valence-electron chi connectivity index (χ2n) is 8.44.